The summed E-state index contributed by atoms with van der Waals surface area (Å²) >= 11 is 0. The standard InChI is InChI=1S/C20H25N3O6/c1-20(2,3)29-19(27)22-8-4-10-28-13-5-6-16-15(11-13)14(7-9-21-16)18(26)23-12-17(24)25/h5-7,9,11H,4,8,10,12H2,1-3H3,(H,22,27)(H,23,26)(H,24,25). The molecule has 2 amide bonds. The number of hydrogen-bond acceptors (Lipinski definition) is 6. The minimum Gasteiger partial charge on any atom is -0.494 e. The van der Waals surface area contributed by atoms with E-state index in [1.54, 1.807) is 39.0 Å². The first-order valence-corrected chi connectivity index (χ1v) is 9.14. The summed E-state index contributed by atoms with van der Waals surface area (Å²) in [5.74, 6) is -1.09. The number of pyridine rings is 1. The molecule has 156 valence electrons. The average Bonchev–Trinajstić information content (AvgIpc) is 2.63. The Morgan fingerprint density at radius 1 is 1.14 bits per heavy atom. The number of aromatic nitrogens is 1. The summed E-state index contributed by atoms with van der Waals surface area (Å²) in [6.45, 7) is 5.65. The van der Waals surface area contributed by atoms with Crippen LogP contribution in [0.15, 0.2) is 30.5 Å². The topological polar surface area (TPSA) is 127 Å². The summed E-state index contributed by atoms with van der Waals surface area (Å²) in [7, 11) is 0. The first kappa shape index (κ1) is 21.9. The molecule has 2 aromatic rings. The van der Waals surface area contributed by atoms with Crippen molar-refractivity contribution in [1.82, 2.24) is 15.6 Å². The van der Waals surface area contributed by atoms with E-state index in [2.05, 4.69) is 15.6 Å². The van der Waals surface area contributed by atoms with Gasteiger partial charge in [0, 0.05) is 18.1 Å². The van der Waals surface area contributed by atoms with Gasteiger partial charge in [0.25, 0.3) is 5.91 Å². The van der Waals surface area contributed by atoms with Crippen LogP contribution in [0.4, 0.5) is 4.79 Å². The molecule has 0 atom stereocenters. The number of nitrogens with zero attached hydrogens (tertiary/aromatic N) is 1. The maximum atomic E-state index is 12.2. The predicted octanol–water partition coefficient (Wildman–Crippen LogP) is 2.34. The number of ether oxygens (including phenoxy) is 2. The number of carboxylic acids is 1. The Morgan fingerprint density at radius 2 is 1.90 bits per heavy atom. The summed E-state index contributed by atoms with van der Waals surface area (Å²) in [5.41, 5.74) is 0.356. The fourth-order valence-electron chi connectivity index (χ4n) is 2.43. The van der Waals surface area contributed by atoms with Crippen LogP contribution in [-0.2, 0) is 9.53 Å². The molecule has 0 spiro atoms. The van der Waals surface area contributed by atoms with Crippen molar-refractivity contribution in [1.29, 1.82) is 0 Å². The van der Waals surface area contributed by atoms with Crippen molar-refractivity contribution < 1.29 is 29.0 Å². The molecule has 3 N–H and O–H groups in total. The molecule has 0 unspecified atom stereocenters. The van der Waals surface area contributed by atoms with Gasteiger partial charge in [0.15, 0.2) is 0 Å². The lowest BCUT2D eigenvalue weighted by molar-refractivity contribution is -0.135. The molecule has 9 heteroatoms. The molecule has 0 saturated heterocycles. The second-order valence-corrected chi connectivity index (χ2v) is 7.24. The van der Waals surface area contributed by atoms with E-state index in [0.717, 1.165) is 0 Å². The molecule has 0 aliphatic carbocycles. The molecule has 0 fully saturated rings. The van der Waals surface area contributed by atoms with Crippen molar-refractivity contribution >= 4 is 28.9 Å². The van der Waals surface area contributed by atoms with Gasteiger partial charge in [-0.1, -0.05) is 0 Å². The lowest BCUT2D eigenvalue weighted by Crippen LogP contribution is -2.33. The van der Waals surface area contributed by atoms with Gasteiger partial charge in [0.2, 0.25) is 0 Å². The molecular formula is C20H25N3O6. The van der Waals surface area contributed by atoms with Crippen molar-refractivity contribution in [3.8, 4) is 5.75 Å². The van der Waals surface area contributed by atoms with Gasteiger partial charge in [-0.05, 0) is 51.5 Å². The highest BCUT2D eigenvalue weighted by Crippen LogP contribution is 2.23. The van der Waals surface area contributed by atoms with E-state index in [9.17, 15) is 14.4 Å². The van der Waals surface area contributed by atoms with E-state index in [1.807, 2.05) is 0 Å². The molecule has 1 aromatic carbocycles. The number of hydrogen-bond donors (Lipinski definition) is 3. The van der Waals surface area contributed by atoms with Gasteiger partial charge in [-0.2, -0.15) is 0 Å². The van der Waals surface area contributed by atoms with Gasteiger partial charge in [0.05, 0.1) is 17.7 Å². The SMILES string of the molecule is CC(C)(C)OC(=O)NCCCOc1ccc2nccc(C(=O)NCC(=O)O)c2c1. The van der Waals surface area contributed by atoms with Crippen molar-refractivity contribution in [3.05, 3.63) is 36.0 Å². The maximum absolute atomic E-state index is 12.2. The summed E-state index contributed by atoms with van der Waals surface area (Å²) < 4.78 is 10.8. The van der Waals surface area contributed by atoms with Crippen molar-refractivity contribution in [2.45, 2.75) is 32.8 Å². The van der Waals surface area contributed by atoms with E-state index < -0.39 is 30.1 Å². The van der Waals surface area contributed by atoms with E-state index in [0.29, 0.717) is 41.8 Å². The molecule has 29 heavy (non-hydrogen) atoms. The molecule has 1 aromatic heterocycles. The highest BCUT2D eigenvalue weighted by atomic mass is 16.6. The van der Waals surface area contributed by atoms with Crippen molar-refractivity contribution in [2.75, 3.05) is 19.7 Å². The third kappa shape index (κ3) is 7.28. The lowest BCUT2D eigenvalue weighted by atomic mass is 10.1. The fourth-order valence-corrected chi connectivity index (χ4v) is 2.43. The van der Waals surface area contributed by atoms with E-state index in [1.165, 1.54) is 12.3 Å². The Hall–Kier alpha value is -3.36. The number of nitrogens with one attached hydrogen (secondary N) is 2. The van der Waals surface area contributed by atoms with Gasteiger partial charge in [-0.3, -0.25) is 14.6 Å². The van der Waals surface area contributed by atoms with Crippen LogP contribution in [0, 0.1) is 0 Å². The van der Waals surface area contributed by atoms with Gasteiger partial charge < -0.3 is 25.2 Å². The Bertz CT molecular complexity index is 891. The highest BCUT2D eigenvalue weighted by Gasteiger charge is 2.15. The van der Waals surface area contributed by atoms with E-state index in [4.69, 9.17) is 14.6 Å². The van der Waals surface area contributed by atoms with Gasteiger partial charge in [-0.25, -0.2) is 4.79 Å². The molecule has 0 aliphatic rings. The third-order valence-electron chi connectivity index (χ3n) is 3.62. The summed E-state index contributed by atoms with van der Waals surface area (Å²) in [4.78, 5) is 38.7. The third-order valence-corrected chi connectivity index (χ3v) is 3.62. The van der Waals surface area contributed by atoms with Gasteiger partial charge >= 0.3 is 12.1 Å². The monoisotopic (exact) mass is 403 g/mol. The predicted molar refractivity (Wildman–Crippen MR) is 106 cm³/mol. The minimum atomic E-state index is -1.12. The van der Waals surface area contributed by atoms with Crippen LogP contribution >= 0.6 is 0 Å². The molecule has 0 bridgehead atoms. The Balaban J connectivity index is 1.93. The molecule has 0 saturated carbocycles. The van der Waals surface area contributed by atoms with Crippen molar-refractivity contribution in [3.63, 3.8) is 0 Å². The van der Waals surface area contributed by atoms with E-state index >= 15 is 0 Å². The highest BCUT2D eigenvalue weighted by molar-refractivity contribution is 6.06. The Labute approximate surface area is 168 Å². The number of rotatable bonds is 8. The fraction of sp³-hybridized carbons (Fsp3) is 0.400. The number of carboxylic acid groups (broad SMARTS) is 1. The molecule has 0 aliphatic heterocycles. The van der Waals surface area contributed by atoms with Crippen LogP contribution in [0.3, 0.4) is 0 Å². The smallest absolute Gasteiger partial charge is 0.407 e. The molecule has 9 nitrogen and oxygen atoms in total. The van der Waals surface area contributed by atoms with Crippen LogP contribution in [0.1, 0.15) is 37.6 Å². The van der Waals surface area contributed by atoms with E-state index in [-0.39, 0.29) is 0 Å². The second kappa shape index (κ2) is 9.72. The Morgan fingerprint density at radius 3 is 2.59 bits per heavy atom. The maximum Gasteiger partial charge on any atom is 0.407 e. The zero-order valence-electron chi connectivity index (χ0n) is 16.7. The quantitative estimate of drug-likeness (QED) is 0.577. The zero-order chi connectivity index (χ0) is 21.4. The largest absolute Gasteiger partial charge is 0.494 e. The Kier molecular flexibility index (Phi) is 7.35. The number of carbonyl (C=O) groups is 3. The van der Waals surface area contributed by atoms with Gasteiger partial charge in [0.1, 0.15) is 17.9 Å². The molecule has 2 rings (SSSR count). The minimum absolute atomic E-state index is 0.313. The van der Waals surface area contributed by atoms with Crippen LogP contribution in [-0.4, -0.2) is 53.4 Å². The number of fused-ring (bicyclic) bond motifs is 1. The summed E-state index contributed by atoms with van der Waals surface area (Å²) in [6, 6.07) is 6.65. The first-order valence-electron chi connectivity index (χ1n) is 9.14. The number of benzene rings is 1. The molecular weight excluding hydrogens is 378 g/mol. The number of amides is 2. The zero-order valence-corrected chi connectivity index (χ0v) is 16.7. The second-order valence-electron chi connectivity index (χ2n) is 7.24. The van der Waals surface area contributed by atoms with Crippen LogP contribution < -0.4 is 15.4 Å². The first-order chi connectivity index (χ1) is 13.7. The summed E-state index contributed by atoms with van der Waals surface area (Å²) in [5, 5.41) is 14.3. The van der Waals surface area contributed by atoms with Crippen LogP contribution in [0.5, 0.6) is 5.75 Å². The number of carbonyl (C=O) groups excluding carboxylic acids is 2. The summed E-state index contributed by atoms with van der Waals surface area (Å²) in [6.07, 6.45) is 1.57. The molecule has 1 heterocycles. The van der Waals surface area contributed by atoms with Gasteiger partial charge in [-0.15, -0.1) is 0 Å². The van der Waals surface area contributed by atoms with Crippen molar-refractivity contribution in [2.24, 2.45) is 0 Å². The molecule has 0 radical (unpaired) electrons. The van der Waals surface area contributed by atoms with Crippen LogP contribution in [0.25, 0.3) is 10.9 Å². The van der Waals surface area contributed by atoms with Crippen LogP contribution in [0.2, 0.25) is 0 Å². The average molecular weight is 403 g/mol. The number of alkyl carbamates (subject to hydrolysis) is 1. The normalized spacial score (nSPS) is 11.0. The lowest BCUT2D eigenvalue weighted by Gasteiger charge is -2.19. The number of aliphatic carboxylic acids is 1.